The number of benzene rings is 1. The number of amides is 1. The summed E-state index contributed by atoms with van der Waals surface area (Å²) in [4.78, 5) is 12.0. The third-order valence-corrected chi connectivity index (χ3v) is 2.80. The Balaban J connectivity index is 1.97. The molecule has 6 heteroatoms. The molecule has 0 aliphatic carbocycles. The van der Waals surface area contributed by atoms with Crippen LogP contribution in [-0.4, -0.2) is 21.6 Å². The number of aromatic nitrogens is 2. The first-order valence-electron chi connectivity index (χ1n) is 6.99. The van der Waals surface area contributed by atoms with Crippen LogP contribution in [0, 0.1) is 5.82 Å². The van der Waals surface area contributed by atoms with Gasteiger partial charge in [-0.1, -0.05) is 18.2 Å². The summed E-state index contributed by atoms with van der Waals surface area (Å²) in [6.07, 6.45) is 0. The minimum absolute atomic E-state index is 0.106. The van der Waals surface area contributed by atoms with E-state index in [1.54, 1.807) is 30.3 Å². The van der Waals surface area contributed by atoms with Crippen molar-refractivity contribution in [3.05, 3.63) is 53.5 Å². The number of nitrogens with one attached hydrogen (secondary N) is 2. The summed E-state index contributed by atoms with van der Waals surface area (Å²) in [6.45, 7) is 6.12. The highest BCUT2D eigenvalue weighted by atomic mass is 19.1. The molecule has 5 nitrogen and oxygen atoms in total. The molecule has 1 aromatic heterocycles. The lowest BCUT2D eigenvalue weighted by molar-refractivity contribution is 0.0944. The fourth-order valence-electron chi connectivity index (χ4n) is 1.81. The van der Waals surface area contributed by atoms with Crippen LogP contribution in [0.5, 0.6) is 0 Å². The smallest absolute Gasteiger partial charge is 0.272 e. The maximum absolute atomic E-state index is 13.5. The van der Waals surface area contributed by atoms with Crippen molar-refractivity contribution in [2.24, 2.45) is 0 Å². The van der Waals surface area contributed by atoms with Crippen LogP contribution in [-0.2, 0) is 6.54 Å². The monoisotopic (exact) mass is 302 g/mol. The van der Waals surface area contributed by atoms with Gasteiger partial charge in [-0.05, 0) is 39.0 Å². The molecule has 0 aliphatic rings. The molecule has 1 amide bonds. The zero-order valence-electron chi connectivity index (χ0n) is 12.9. The SMILES string of the molecule is CC(C)(C)Nc1ccc(C(=O)NCc2ccccc2F)nn1. The number of carbonyl (C=O) groups is 1. The van der Waals surface area contributed by atoms with E-state index in [0.29, 0.717) is 11.4 Å². The van der Waals surface area contributed by atoms with E-state index in [2.05, 4.69) is 20.8 Å². The Morgan fingerprint density at radius 3 is 2.45 bits per heavy atom. The van der Waals surface area contributed by atoms with Crippen LogP contribution < -0.4 is 10.6 Å². The maximum Gasteiger partial charge on any atom is 0.272 e. The normalized spacial score (nSPS) is 11.1. The summed E-state index contributed by atoms with van der Waals surface area (Å²) in [5, 5.41) is 13.6. The third kappa shape index (κ3) is 4.51. The molecule has 0 aliphatic heterocycles. The van der Waals surface area contributed by atoms with E-state index in [9.17, 15) is 9.18 Å². The van der Waals surface area contributed by atoms with Crippen molar-refractivity contribution in [3.8, 4) is 0 Å². The van der Waals surface area contributed by atoms with Crippen LogP contribution in [0.3, 0.4) is 0 Å². The van der Waals surface area contributed by atoms with Crippen molar-refractivity contribution >= 4 is 11.7 Å². The number of anilines is 1. The highest BCUT2D eigenvalue weighted by Gasteiger charge is 2.12. The van der Waals surface area contributed by atoms with Gasteiger partial charge in [0.1, 0.15) is 11.6 Å². The first-order valence-corrected chi connectivity index (χ1v) is 6.99. The second kappa shape index (κ2) is 6.51. The van der Waals surface area contributed by atoms with Crippen LogP contribution in [0.2, 0.25) is 0 Å². The maximum atomic E-state index is 13.5. The van der Waals surface area contributed by atoms with Crippen LogP contribution >= 0.6 is 0 Å². The molecule has 0 spiro atoms. The number of hydrogen-bond donors (Lipinski definition) is 2. The van der Waals surface area contributed by atoms with Gasteiger partial charge in [0, 0.05) is 17.6 Å². The molecule has 0 atom stereocenters. The molecular weight excluding hydrogens is 283 g/mol. The fourth-order valence-corrected chi connectivity index (χ4v) is 1.81. The van der Waals surface area contributed by atoms with E-state index >= 15 is 0 Å². The summed E-state index contributed by atoms with van der Waals surface area (Å²) >= 11 is 0. The summed E-state index contributed by atoms with van der Waals surface area (Å²) in [7, 11) is 0. The third-order valence-electron chi connectivity index (χ3n) is 2.80. The second-order valence-electron chi connectivity index (χ2n) is 5.95. The fraction of sp³-hybridized carbons (Fsp3) is 0.312. The average molecular weight is 302 g/mol. The molecule has 0 saturated carbocycles. The van der Waals surface area contributed by atoms with Gasteiger partial charge in [0.25, 0.3) is 5.91 Å². The number of nitrogens with zero attached hydrogens (tertiary/aromatic N) is 2. The number of halogens is 1. The van der Waals surface area contributed by atoms with E-state index in [-0.39, 0.29) is 23.6 Å². The van der Waals surface area contributed by atoms with Crippen molar-refractivity contribution < 1.29 is 9.18 Å². The predicted octanol–water partition coefficient (Wildman–Crippen LogP) is 2.76. The van der Waals surface area contributed by atoms with Gasteiger partial charge in [0.05, 0.1) is 0 Å². The van der Waals surface area contributed by atoms with E-state index in [4.69, 9.17) is 0 Å². The Kier molecular flexibility index (Phi) is 4.70. The minimum atomic E-state index is -0.391. The van der Waals surface area contributed by atoms with Gasteiger partial charge in [0.15, 0.2) is 5.69 Å². The van der Waals surface area contributed by atoms with Gasteiger partial charge in [-0.2, -0.15) is 0 Å². The molecular formula is C16H19FN4O. The highest BCUT2D eigenvalue weighted by molar-refractivity contribution is 5.92. The summed E-state index contributed by atoms with van der Waals surface area (Å²) in [5.74, 6) is -0.144. The van der Waals surface area contributed by atoms with Gasteiger partial charge in [-0.15, -0.1) is 10.2 Å². The second-order valence-corrected chi connectivity index (χ2v) is 5.95. The zero-order chi connectivity index (χ0) is 16.2. The minimum Gasteiger partial charge on any atom is -0.364 e. The van der Waals surface area contributed by atoms with Crippen LogP contribution in [0.25, 0.3) is 0 Å². The molecule has 0 fully saturated rings. The van der Waals surface area contributed by atoms with Crippen molar-refractivity contribution in [1.82, 2.24) is 15.5 Å². The van der Waals surface area contributed by atoms with Gasteiger partial charge in [-0.3, -0.25) is 4.79 Å². The van der Waals surface area contributed by atoms with E-state index < -0.39 is 5.91 Å². The van der Waals surface area contributed by atoms with E-state index in [0.717, 1.165) is 0 Å². The number of hydrogen-bond acceptors (Lipinski definition) is 4. The van der Waals surface area contributed by atoms with E-state index in [1.807, 2.05) is 20.8 Å². The molecule has 116 valence electrons. The quantitative estimate of drug-likeness (QED) is 0.911. The molecule has 0 bridgehead atoms. The molecule has 0 unspecified atom stereocenters. The summed E-state index contributed by atoms with van der Waals surface area (Å²) < 4.78 is 13.5. The lowest BCUT2D eigenvalue weighted by Gasteiger charge is -2.20. The molecule has 2 aromatic rings. The molecule has 0 saturated heterocycles. The molecule has 2 rings (SSSR count). The molecule has 0 radical (unpaired) electrons. The zero-order valence-corrected chi connectivity index (χ0v) is 12.9. The first kappa shape index (κ1) is 15.9. The first-order chi connectivity index (χ1) is 10.3. The molecule has 22 heavy (non-hydrogen) atoms. The number of rotatable bonds is 4. The van der Waals surface area contributed by atoms with Gasteiger partial charge in [-0.25, -0.2) is 4.39 Å². The van der Waals surface area contributed by atoms with Crippen molar-refractivity contribution in [1.29, 1.82) is 0 Å². The molecule has 2 N–H and O–H groups in total. The van der Waals surface area contributed by atoms with Gasteiger partial charge >= 0.3 is 0 Å². The lowest BCUT2D eigenvalue weighted by Crippen LogP contribution is -2.28. The Morgan fingerprint density at radius 1 is 1.14 bits per heavy atom. The van der Waals surface area contributed by atoms with Crippen molar-refractivity contribution in [2.75, 3.05) is 5.32 Å². The molecule has 1 aromatic carbocycles. The topological polar surface area (TPSA) is 66.9 Å². The standard InChI is InChI=1S/C16H19FN4O/c1-16(2,3)19-14-9-8-13(20-21-14)15(22)18-10-11-6-4-5-7-12(11)17/h4-9H,10H2,1-3H3,(H,18,22)(H,19,21). The molecule has 1 heterocycles. The van der Waals surface area contributed by atoms with Gasteiger partial charge in [0.2, 0.25) is 0 Å². The number of carbonyl (C=O) groups excluding carboxylic acids is 1. The summed E-state index contributed by atoms with van der Waals surface area (Å²) in [6, 6.07) is 9.57. The lowest BCUT2D eigenvalue weighted by atomic mass is 10.1. The van der Waals surface area contributed by atoms with E-state index in [1.165, 1.54) is 6.07 Å². The van der Waals surface area contributed by atoms with Crippen LogP contribution in [0.4, 0.5) is 10.2 Å². The van der Waals surface area contributed by atoms with Gasteiger partial charge < -0.3 is 10.6 Å². The summed E-state index contributed by atoms with van der Waals surface area (Å²) in [5.41, 5.74) is 0.481. The Morgan fingerprint density at radius 2 is 1.86 bits per heavy atom. The van der Waals surface area contributed by atoms with Crippen molar-refractivity contribution in [3.63, 3.8) is 0 Å². The largest absolute Gasteiger partial charge is 0.364 e. The van der Waals surface area contributed by atoms with Crippen LogP contribution in [0.15, 0.2) is 36.4 Å². The Hall–Kier alpha value is -2.50. The highest BCUT2D eigenvalue weighted by Crippen LogP contribution is 2.11. The predicted molar refractivity (Wildman–Crippen MR) is 83.0 cm³/mol. The Bertz CT molecular complexity index is 650. The van der Waals surface area contributed by atoms with Crippen LogP contribution in [0.1, 0.15) is 36.8 Å². The van der Waals surface area contributed by atoms with Crippen molar-refractivity contribution in [2.45, 2.75) is 32.9 Å². The Labute approximate surface area is 129 Å². The average Bonchev–Trinajstić information content (AvgIpc) is 2.45.